The fourth-order valence-corrected chi connectivity index (χ4v) is 4.22. The number of piperazine rings is 1. The van der Waals surface area contributed by atoms with Gasteiger partial charge in [0.15, 0.2) is 5.96 Å². The summed E-state index contributed by atoms with van der Waals surface area (Å²) >= 11 is 0. The molecule has 0 saturated carbocycles. The Morgan fingerprint density at radius 3 is 2.30 bits per heavy atom. The van der Waals surface area contributed by atoms with E-state index in [1.54, 1.807) is 12.4 Å². The molecule has 2 N–H and O–H groups in total. The van der Waals surface area contributed by atoms with Crippen LogP contribution in [0.2, 0.25) is 0 Å². The van der Waals surface area contributed by atoms with E-state index < -0.39 is 0 Å². The summed E-state index contributed by atoms with van der Waals surface area (Å²) in [5.74, 6) is 2.96. The summed E-state index contributed by atoms with van der Waals surface area (Å²) < 4.78 is 0. The van der Waals surface area contributed by atoms with Gasteiger partial charge < -0.3 is 15.5 Å². The highest BCUT2D eigenvalue weighted by atomic mass is 15.4. The minimum atomic E-state index is 0.0350. The maximum absolute atomic E-state index is 6.33. The van der Waals surface area contributed by atoms with Crippen LogP contribution in [0.3, 0.4) is 0 Å². The zero-order chi connectivity index (χ0) is 19.4. The number of hydrogen-bond donors (Lipinski definition) is 1. The molecule has 2 atom stereocenters. The van der Waals surface area contributed by atoms with Crippen molar-refractivity contribution in [1.29, 1.82) is 0 Å². The lowest BCUT2D eigenvalue weighted by molar-refractivity contribution is 0.0511. The van der Waals surface area contributed by atoms with E-state index in [9.17, 15) is 0 Å². The predicted octanol–water partition coefficient (Wildman–Crippen LogP) is 1.67. The van der Waals surface area contributed by atoms with Gasteiger partial charge in [0, 0.05) is 57.2 Å². The Morgan fingerprint density at radius 1 is 1.11 bits per heavy atom. The lowest BCUT2D eigenvalue weighted by atomic mass is 9.88. The van der Waals surface area contributed by atoms with Crippen LogP contribution in [-0.4, -0.2) is 77.1 Å². The van der Waals surface area contributed by atoms with Crippen LogP contribution in [0, 0.1) is 11.8 Å². The van der Waals surface area contributed by atoms with Crippen LogP contribution in [-0.2, 0) is 0 Å². The highest BCUT2D eigenvalue weighted by Gasteiger charge is 2.32. The van der Waals surface area contributed by atoms with Gasteiger partial charge >= 0.3 is 0 Å². The molecule has 7 nitrogen and oxygen atoms in total. The first kappa shape index (κ1) is 19.9. The normalized spacial score (nSPS) is 25.7. The maximum atomic E-state index is 6.33. The minimum absolute atomic E-state index is 0.0350. The van der Waals surface area contributed by atoms with Crippen LogP contribution >= 0.6 is 0 Å². The SMILES string of the molecule is CC1CC(C)CN(C(C)(C)CN=C(N)N2CCN(c3ncccn3)CC2)C1. The Hall–Kier alpha value is -1.89. The van der Waals surface area contributed by atoms with Crippen molar-refractivity contribution in [1.82, 2.24) is 19.8 Å². The number of piperidine rings is 1. The van der Waals surface area contributed by atoms with Crippen molar-refractivity contribution in [3.05, 3.63) is 18.5 Å². The van der Waals surface area contributed by atoms with Crippen molar-refractivity contribution in [2.45, 2.75) is 39.7 Å². The maximum Gasteiger partial charge on any atom is 0.225 e. The lowest BCUT2D eigenvalue weighted by Crippen LogP contribution is -2.54. The molecule has 2 unspecified atom stereocenters. The summed E-state index contributed by atoms with van der Waals surface area (Å²) in [5, 5.41) is 0. The monoisotopic (exact) mass is 373 g/mol. The number of rotatable bonds is 4. The first-order chi connectivity index (χ1) is 12.8. The van der Waals surface area contributed by atoms with E-state index in [0.717, 1.165) is 63.6 Å². The molecule has 1 aromatic rings. The minimum Gasteiger partial charge on any atom is -0.370 e. The van der Waals surface area contributed by atoms with Gasteiger partial charge in [-0.25, -0.2) is 9.97 Å². The Labute approximate surface area is 163 Å². The summed E-state index contributed by atoms with van der Waals surface area (Å²) in [6.45, 7) is 15.8. The molecule has 27 heavy (non-hydrogen) atoms. The van der Waals surface area contributed by atoms with Crippen LogP contribution in [0.25, 0.3) is 0 Å². The topological polar surface area (TPSA) is 73.9 Å². The quantitative estimate of drug-likeness (QED) is 0.639. The fourth-order valence-electron chi connectivity index (χ4n) is 4.22. The number of likely N-dealkylation sites (tertiary alicyclic amines) is 1. The second-order valence-corrected chi connectivity index (χ2v) is 8.86. The van der Waals surface area contributed by atoms with Crippen molar-refractivity contribution in [3.63, 3.8) is 0 Å². The van der Waals surface area contributed by atoms with Crippen molar-refractivity contribution in [2.24, 2.45) is 22.6 Å². The molecule has 3 rings (SSSR count). The van der Waals surface area contributed by atoms with E-state index in [0.29, 0.717) is 5.96 Å². The van der Waals surface area contributed by atoms with Gasteiger partial charge in [-0.2, -0.15) is 0 Å². The van der Waals surface area contributed by atoms with E-state index in [1.807, 2.05) is 6.07 Å². The number of aliphatic imine (C=N–C) groups is 1. The third kappa shape index (κ3) is 5.09. The number of nitrogens with two attached hydrogens (primary N) is 1. The number of guanidine groups is 1. The molecular weight excluding hydrogens is 338 g/mol. The largest absolute Gasteiger partial charge is 0.370 e. The highest BCUT2D eigenvalue weighted by Crippen LogP contribution is 2.27. The van der Waals surface area contributed by atoms with Crippen LogP contribution in [0.1, 0.15) is 34.1 Å². The zero-order valence-electron chi connectivity index (χ0n) is 17.3. The summed E-state index contributed by atoms with van der Waals surface area (Å²) in [6.07, 6.45) is 4.90. The van der Waals surface area contributed by atoms with Crippen LogP contribution in [0.15, 0.2) is 23.5 Å². The number of nitrogens with zero attached hydrogens (tertiary/aromatic N) is 6. The molecule has 7 heteroatoms. The molecule has 0 aliphatic carbocycles. The van der Waals surface area contributed by atoms with Gasteiger partial charge in [-0.3, -0.25) is 9.89 Å². The molecule has 150 valence electrons. The summed E-state index contributed by atoms with van der Waals surface area (Å²) in [4.78, 5) is 20.4. The second-order valence-electron chi connectivity index (χ2n) is 8.86. The predicted molar refractivity (Wildman–Crippen MR) is 111 cm³/mol. The summed E-state index contributed by atoms with van der Waals surface area (Å²) in [7, 11) is 0. The first-order valence-corrected chi connectivity index (χ1v) is 10.2. The van der Waals surface area contributed by atoms with E-state index in [4.69, 9.17) is 10.7 Å². The fraction of sp³-hybridized carbons (Fsp3) is 0.750. The third-order valence-electron chi connectivity index (χ3n) is 5.79. The van der Waals surface area contributed by atoms with Gasteiger partial charge in [-0.15, -0.1) is 0 Å². The van der Waals surface area contributed by atoms with Gasteiger partial charge in [0.1, 0.15) is 0 Å². The second kappa shape index (κ2) is 8.42. The van der Waals surface area contributed by atoms with Gasteiger partial charge in [-0.05, 0) is 38.2 Å². The molecule has 2 saturated heterocycles. The average Bonchev–Trinajstić information content (AvgIpc) is 2.66. The van der Waals surface area contributed by atoms with Crippen molar-refractivity contribution in [3.8, 4) is 0 Å². The van der Waals surface area contributed by atoms with Crippen molar-refractivity contribution >= 4 is 11.9 Å². The molecule has 2 aliphatic rings. The van der Waals surface area contributed by atoms with E-state index in [1.165, 1.54) is 6.42 Å². The molecule has 0 radical (unpaired) electrons. The lowest BCUT2D eigenvalue weighted by Gasteiger charge is -2.44. The molecular formula is C20H35N7. The summed E-state index contributed by atoms with van der Waals surface area (Å²) in [6, 6.07) is 1.84. The Balaban J connectivity index is 1.53. The standard InChI is InChI=1S/C20H35N7/c1-16-12-17(2)14-27(13-16)20(3,4)15-24-18(21)25-8-10-26(11-9-25)19-22-6-5-7-23-19/h5-7,16-17H,8-15H2,1-4H3,(H2,21,24). The molecule has 1 aromatic heterocycles. The van der Waals surface area contributed by atoms with Crippen LogP contribution < -0.4 is 10.6 Å². The van der Waals surface area contributed by atoms with Gasteiger partial charge in [0.25, 0.3) is 0 Å². The molecule has 0 aromatic carbocycles. The number of aromatic nitrogens is 2. The Kier molecular flexibility index (Phi) is 6.19. The smallest absolute Gasteiger partial charge is 0.225 e. The Morgan fingerprint density at radius 2 is 1.70 bits per heavy atom. The van der Waals surface area contributed by atoms with Crippen LogP contribution in [0.4, 0.5) is 5.95 Å². The summed E-state index contributed by atoms with van der Waals surface area (Å²) in [5.41, 5.74) is 6.37. The van der Waals surface area contributed by atoms with Crippen molar-refractivity contribution < 1.29 is 0 Å². The van der Waals surface area contributed by atoms with E-state index in [2.05, 4.69) is 52.4 Å². The van der Waals surface area contributed by atoms with Crippen LogP contribution in [0.5, 0.6) is 0 Å². The number of hydrogen-bond acceptors (Lipinski definition) is 5. The van der Waals surface area contributed by atoms with Crippen molar-refractivity contribution in [2.75, 3.05) is 50.7 Å². The Bertz CT molecular complexity index is 612. The molecule has 0 amide bonds. The zero-order valence-corrected chi connectivity index (χ0v) is 17.3. The van der Waals surface area contributed by atoms with E-state index in [-0.39, 0.29) is 5.54 Å². The molecule has 0 bridgehead atoms. The molecule has 0 spiro atoms. The van der Waals surface area contributed by atoms with Gasteiger partial charge in [-0.1, -0.05) is 13.8 Å². The highest BCUT2D eigenvalue weighted by molar-refractivity contribution is 5.78. The molecule has 2 fully saturated rings. The average molecular weight is 374 g/mol. The third-order valence-corrected chi connectivity index (χ3v) is 5.79. The van der Waals surface area contributed by atoms with Gasteiger partial charge in [0.2, 0.25) is 5.95 Å². The molecule has 3 heterocycles. The van der Waals surface area contributed by atoms with Gasteiger partial charge in [0.05, 0.1) is 6.54 Å². The first-order valence-electron chi connectivity index (χ1n) is 10.2. The van der Waals surface area contributed by atoms with E-state index >= 15 is 0 Å². The molecule has 2 aliphatic heterocycles. The number of anilines is 1.